The molecule has 1 N–H and O–H groups in total. The van der Waals surface area contributed by atoms with Crippen LogP contribution < -0.4 is 4.74 Å². The van der Waals surface area contributed by atoms with Crippen molar-refractivity contribution in [2.45, 2.75) is 37.4 Å². The topological polar surface area (TPSA) is 46.5 Å². The van der Waals surface area contributed by atoms with Gasteiger partial charge in [-0.3, -0.25) is 4.79 Å². The van der Waals surface area contributed by atoms with E-state index in [4.69, 9.17) is 4.74 Å². The Labute approximate surface area is 119 Å². The minimum absolute atomic E-state index is 0.658. The fraction of sp³-hybridized carbons (Fsp3) is 0.533. The van der Waals surface area contributed by atoms with Crippen LogP contribution in [0.3, 0.4) is 0 Å². The molecule has 0 saturated heterocycles. The Morgan fingerprint density at radius 1 is 1.42 bits per heavy atom. The summed E-state index contributed by atoms with van der Waals surface area (Å²) in [7, 11) is 1.66. The molecule has 0 saturated carbocycles. The lowest BCUT2D eigenvalue weighted by Gasteiger charge is -2.21. The molecular formula is C15H22O3S. The quantitative estimate of drug-likeness (QED) is 0.740. The average Bonchev–Trinajstić information content (AvgIpc) is 2.43. The highest BCUT2D eigenvalue weighted by molar-refractivity contribution is 8.00. The van der Waals surface area contributed by atoms with Crippen LogP contribution in [0.5, 0.6) is 5.75 Å². The first-order chi connectivity index (χ1) is 9.01. The van der Waals surface area contributed by atoms with Crippen LogP contribution in [0.15, 0.2) is 24.3 Å². The molecule has 1 rings (SSSR count). The van der Waals surface area contributed by atoms with E-state index < -0.39 is 10.7 Å². The lowest BCUT2D eigenvalue weighted by atomic mass is 10.0. The minimum Gasteiger partial charge on any atom is -0.497 e. The zero-order valence-corrected chi connectivity index (χ0v) is 12.6. The van der Waals surface area contributed by atoms with Crippen LogP contribution in [-0.4, -0.2) is 29.2 Å². The Morgan fingerprint density at radius 2 is 2.16 bits per heavy atom. The zero-order chi connectivity index (χ0) is 14.3. The number of ether oxygens (including phenoxy) is 1. The highest BCUT2D eigenvalue weighted by Gasteiger charge is 2.31. The molecule has 0 aliphatic heterocycles. The predicted octanol–water partition coefficient (Wildman–Crippen LogP) is 3.61. The molecule has 0 amide bonds. The number of carboxylic acid groups (broad SMARTS) is 1. The number of aliphatic carboxylic acids is 1. The first kappa shape index (κ1) is 15.9. The van der Waals surface area contributed by atoms with E-state index in [1.165, 1.54) is 17.3 Å². The molecule has 1 aromatic rings. The maximum atomic E-state index is 11.2. The van der Waals surface area contributed by atoms with E-state index in [0.717, 1.165) is 25.0 Å². The highest BCUT2D eigenvalue weighted by atomic mass is 32.2. The summed E-state index contributed by atoms with van der Waals surface area (Å²) in [6.07, 6.45) is 5.43. The maximum Gasteiger partial charge on any atom is 0.319 e. The summed E-state index contributed by atoms with van der Waals surface area (Å²) in [5.41, 5.74) is 1.24. The molecule has 0 radical (unpaired) electrons. The molecule has 3 nitrogen and oxygen atoms in total. The van der Waals surface area contributed by atoms with Gasteiger partial charge in [0.2, 0.25) is 0 Å². The molecule has 4 heteroatoms. The van der Waals surface area contributed by atoms with Gasteiger partial charge in [0, 0.05) is 0 Å². The second kappa shape index (κ2) is 7.43. The van der Waals surface area contributed by atoms with Crippen molar-refractivity contribution in [1.29, 1.82) is 0 Å². The van der Waals surface area contributed by atoms with Crippen molar-refractivity contribution in [3.63, 3.8) is 0 Å². The summed E-state index contributed by atoms with van der Waals surface area (Å²) in [5.74, 6) is 0.151. The van der Waals surface area contributed by atoms with Crippen molar-refractivity contribution >= 4 is 17.7 Å². The molecule has 0 aliphatic rings. The highest BCUT2D eigenvalue weighted by Crippen LogP contribution is 2.29. The number of hydrogen-bond acceptors (Lipinski definition) is 3. The van der Waals surface area contributed by atoms with Crippen LogP contribution >= 0.6 is 11.8 Å². The van der Waals surface area contributed by atoms with Crippen molar-refractivity contribution in [2.24, 2.45) is 0 Å². The minimum atomic E-state index is -0.721. The SMILES string of the molecule is COc1cccc(CCCCC(C)(SC)C(=O)O)c1. The van der Waals surface area contributed by atoms with Crippen LogP contribution in [0.2, 0.25) is 0 Å². The number of aryl methyl sites for hydroxylation is 1. The third-order valence-electron chi connectivity index (χ3n) is 3.41. The summed E-state index contributed by atoms with van der Waals surface area (Å²) in [6.45, 7) is 1.80. The molecule has 0 fully saturated rings. The fourth-order valence-electron chi connectivity index (χ4n) is 1.92. The van der Waals surface area contributed by atoms with Gasteiger partial charge in [0.05, 0.1) is 7.11 Å². The van der Waals surface area contributed by atoms with Gasteiger partial charge in [-0.25, -0.2) is 0 Å². The standard InChI is InChI=1S/C15H22O3S/c1-15(19-3,14(16)17)10-5-4-7-12-8-6-9-13(11-12)18-2/h6,8-9,11H,4-5,7,10H2,1-3H3,(H,16,17). The van der Waals surface area contributed by atoms with Crippen LogP contribution in [-0.2, 0) is 11.2 Å². The molecule has 0 aromatic heterocycles. The number of rotatable bonds is 8. The van der Waals surface area contributed by atoms with Crippen LogP contribution in [0, 0.1) is 0 Å². The molecular weight excluding hydrogens is 260 g/mol. The van der Waals surface area contributed by atoms with Gasteiger partial charge >= 0.3 is 5.97 Å². The molecule has 1 atom stereocenters. The van der Waals surface area contributed by atoms with Gasteiger partial charge < -0.3 is 9.84 Å². The smallest absolute Gasteiger partial charge is 0.319 e. The number of thioether (sulfide) groups is 1. The third-order valence-corrected chi connectivity index (χ3v) is 4.69. The van der Waals surface area contributed by atoms with Gasteiger partial charge in [-0.1, -0.05) is 18.6 Å². The van der Waals surface area contributed by atoms with Gasteiger partial charge in [0.25, 0.3) is 0 Å². The normalized spacial score (nSPS) is 13.8. The lowest BCUT2D eigenvalue weighted by Crippen LogP contribution is -2.30. The van der Waals surface area contributed by atoms with E-state index in [2.05, 4.69) is 6.07 Å². The molecule has 0 spiro atoms. The second-order valence-electron chi connectivity index (χ2n) is 4.80. The number of benzene rings is 1. The van der Waals surface area contributed by atoms with Crippen molar-refractivity contribution in [2.75, 3.05) is 13.4 Å². The molecule has 0 heterocycles. The third kappa shape index (κ3) is 4.78. The van der Waals surface area contributed by atoms with E-state index in [9.17, 15) is 9.90 Å². The fourth-order valence-corrected chi connectivity index (χ4v) is 2.44. The number of methoxy groups -OCH3 is 1. The molecule has 19 heavy (non-hydrogen) atoms. The zero-order valence-electron chi connectivity index (χ0n) is 11.8. The van der Waals surface area contributed by atoms with Crippen molar-refractivity contribution in [3.05, 3.63) is 29.8 Å². The summed E-state index contributed by atoms with van der Waals surface area (Å²) in [4.78, 5) is 11.2. The van der Waals surface area contributed by atoms with Gasteiger partial charge in [0.15, 0.2) is 0 Å². The number of unbranched alkanes of at least 4 members (excludes halogenated alkanes) is 1. The van der Waals surface area contributed by atoms with Crippen molar-refractivity contribution < 1.29 is 14.6 Å². The number of carbonyl (C=O) groups is 1. The van der Waals surface area contributed by atoms with E-state index in [-0.39, 0.29) is 0 Å². The van der Waals surface area contributed by atoms with Crippen LogP contribution in [0.4, 0.5) is 0 Å². The van der Waals surface area contributed by atoms with E-state index in [1.54, 1.807) is 14.0 Å². The molecule has 1 unspecified atom stereocenters. The molecule has 0 aliphatic carbocycles. The summed E-state index contributed by atoms with van der Waals surface area (Å²) in [6, 6.07) is 8.02. The van der Waals surface area contributed by atoms with Crippen LogP contribution in [0.25, 0.3) is 0 Å². The number of hydrogen-bond donors (Lipinski definition) is 1. The first-order valence-corrected chi connectivity index (χ1v) is 7.66. The van der Waals surface area contributed by atoms with Gasteiger partial charge in [-0.15, -0.1) is 11.8 Å². The summed E-state index contributed by atoms with van der Waals surface area (Å²) in [5, 5.41) is 9.18. The summed E-state index contributed by atoms with van der Waals surface area (Å²) < 4.78 is 4.52. The Bertz CT molecular complexity index is 420. The average molecular weight is 282 g/mol. The monoisotopic (exact) mass is 282 g/mol. The van der Waals surface area contributed by atoms with Crippen molar-refractivity contribution in [3.8, 4) is 5.75 Å². The van der Waals surface area contributed by atoms with Crippen molar-refractivity contribution in [1.82, 2.24) is 0 Å². The number of carboxylic acids is 1. The van der Waals surface area contributed by atoms with Gasteiger partial charge in [-0.05, 0) is 50.1 Å². The molecule has 1 aromatic carbocycles. The second-order valence-corrected chi connectivity index (χ2v) is 6.11. The van der Waals surface area contributed by atoms with Gasteiger partial charge in [-0.2, -0.15) is 0 Å². The largest absolute Gasteiger partial charge is 0.497 e. The first-order valence-electron chi connectivity index (χ1n) is 6.43. The Hall–Kier alpha value is -1.16. The maximum absolute atomic E-state index is 11.2. The Morgan fingerprint density at radius 3 is 2.74 bits per heavy atom. The molecule has 106 valence electrons. The summed E-state index contributed by atoms with van der Waals surface area (Å²) >= 11 is 1.41. The van der Waals surface area contributed by atoms with Gasteiger partial charge in [0.1, 0.15) is 10.5 Å². The van der Waals surface area contributed by atoms with E-state index in [1.807, 2.05) is 24.5 Å². The van der Waals surface area contributed by atoms with Crippen LogP contribution in [0.1, 0.15) is 31.7 Å². The Kier molecular flexibility index (Phi) is 6.22. The Balaban J connectivity index is 2.40. The van der Waals surface area contributed by atoms with E-state index in [0.29, 0.717) is 6.42 Å². The van der Waals surface area contributed by atoms with E-state index >= 15 is 0 Å². The lowest BCUT2D eigenvalue weighted by molar-refractivity contribution is -0.139. The molecule has 0 bridgehead atoms. The predicted molar refractivity (Wildman–Crippen MR) is 80.1 cm³/mol.